The van der Waals surface area contributed by atoms with Crippen LogP contribution in [-0.4, -0.2) is 47.5 Å². The highest BCUT2D eigenvalue weighted by molar-refractivity contribution is 5.92. The molecule has 8 heteroatoms. The van der Waals surface area contributed by atoms with Crippen LogP contribution in [0.3, 0.4) is 0 Å². The molecular formula is C18H19N3O5. The van der Waals surface area contributed by atoms with E-state index in [1.165, 1.54) is 13.2 Å². The zero-order chi connectivity index (χ0) is 18.4. The summed E-state index contributed by atoms with van der Waals surface area (Å²) in [7, 11) is 1.47. The van der Waals surface area contributed by atoms with Gasteiger partial charge in [-0.3, -0.25) is 9.78 Å². The van der Waals surface area contributed by atoms with Crippen LogP contribution in [0.25, 0.3) is 10.9 Å². The van der Waals surface area contributed by atoms with Crippen molar-refractivity contribution in [3.63, 3.8) is 0 Å². The fourth-order valence-corrected chi connectivity index (χ4v) is 2.34. The third-order valence-electron chi connectivity index (χ3n) is 3.60. The van der Waals surface area contributed by atoms with Crippen molar-refractivity contribution in [3.8, 4) is 5.75 Å². The third-order valence-corrected chi connectivity index (χ3v) is 3.60. The summed E-state index contributed by atoms with van der Waals surface area (Å²) in [6.45, 7) is 0.342. The van der Waals surface area contributed by atoms with Gasteiger partial charge in [-0.1, -0.05) is 11.2 Å². The number of hydrogen-bond acceptors (Lipinski definition) is 7. The lowest BCUT2D eigenvalue weighted by Crippen LogP contribution is -2.34. The van der Waals surface area contributed by atoms with Gasteiger partial charge in [0.2, 0.25) is 0 Å². The monoisotopic (exact) mass is 357 g/mol. The van der Waals surface area contributed by atoms with Crippen LogP contribution in [-0.2, 0) is 11.3 Å². The van der Waals surface area contributed by atoms with Crippen molar-refractivity contribution in [1.29, 1.82) is 0 Å². The summed E-state index contributed by atoms with van der Waals surface area (Å²) in [5, 5.41) is 16.8. The molecule has 8 nitrogen and oxygen atoms in total. The average molecular weight is 357 g/mol. The van der Waals surface area contributed by atoms with E-state index in [4.69, 9.17) is 14.0 Å². The molecule has 0 aliphatic carbocycles. The van der Waals surface area contributed by atoms with Crippen molar-refractivity contribution in [2.45, 2.75) is 12.7 Å². The minimum absolute atomic E-state index is 0.0660. The average Bonchev–Trinajstić information content (AvgIpc) is 3.14. The van der Waals surface area contributed by atoms with Crippen LogP contribution in [0.2, 0.25) is 0 Å². The minimum Gasteiger partial charge on any atom is -0.486 e. The number of aromatic nitrogens is 2. The second kappa shape index (κ2) is 8.41. The summed E-state index contributed by atoms with van der Waals surface area (Å²) in [4.78, 5) is 16.2. The Morgan fingerprint density at radius 3 is 3.08 bits per heavy atom. The van der Waals surface area contributed by atoms with E-state index >= 15 is 0 Å². The van der Waals surface area contributed by atoms with Crippen molar-refractivity contribution >= 4 is 16.8 Å². The first-order chi connectivity index (χ1) is 12.7. The molecule has 26 heavy (non-hydrogen) atoms. The first kappa shape index (κ1) is 17.8. The standard InChI is InChI=1S/C18H19N3O5/c1-24-10-13(22)9-20-18(23)17-8-15(26-21-17)11-25-14-4-5-16-12(7-14)3-2-6-19-16/h2-8,13,22H,9-11H2,1H3,(H,20,23). The molecule has 1 unspecified atom stereocenters. The van der Waals surface area contributed by atoms with E-state index in [1.807, 2.05) is 30.3 Å². The third kappa shape index (κ3) is 4.56. The van der Waals surface area contributed by atoms with Crippen LogP contribution >= 0.6 is 0 Å². The Hall–Kier alpha value is -2.97. The summed E-state index contributed by atoms with van der Waals surface area (Å²) in [6, 6.07) is 10.9. The van der Waals surface area contributed by atoms with Gasteiger partial charge < -0.3 is 24.4 Å². The molecule has 2 aromatic heterocycles. The maximum Gasteiger partial charge on any atom is 0.273 e. The van der Waals surface area contributed by atoms with Gasteiger partial charge in [0.05, 0.1) is 18.2 Å². The second-order valence-electron chi connectivity index (χ2n) is 5.64. The maximum absolute atomic E-state index is 12.0. The van der Waals surface area contributed by atoms with Crippen molar-refractivity contribution in [1.82, 2.24) is 15.5 Å². The van der Waals surface area contributed by atoms with Gasteiger partial charge in [0.1, 0.15) is 12.4 Å². The van der Waals surface area contributed by atoms with E-state index in [0.29, 0.717) is 11.5 Å². The Labute approximate surface area is 149 Å². The molecule has 2 N–H and O–H groups in total. The lowest BCUT2D eigenvalue weighted by Gasteiger charge is -2.09. The highest BCUT2D eigenvalue weighted by Gasteiger charge is 2.14. The molecule has 0 bridgehead atoms. The number of aliphatic hydroxyl groups is 1. The SMILES string of the molecule is COCC(O)CNC(=O)c1cc(COc2ccc3ncccc3c2)on1. The topological polar surface area (TPSA) is 107 Å². The number of carbonyl (C=O) groups excluding carboxylic acids is 1. The number of amides is 1. The Kier molecular flexibility index (Phi) is 5.77. The number of ether oxygens (including phenoxy) is 2. The fourth-order valence-electron chi connectivity index (χ4n) is 2.34. The van der Waals surface area contributed by atoms with Gasteiger partial charge in [0.25, 0.3) is 5.91 Å². The number of rotatable bonds is 8. The van der Waals surface area contributed by atoms with Crippen molar-refractivity contribution in [2.75, 3.05) is 20.3 Å². The molecule has 2 heterocycles. The predicted molar refractivity (Wildman–Crippen MR) is 92.8 cm³/mol. The summed E-state index contributed by atoms with van der Waals surface area (Å²) in [5.41, 5.74) is 1.00. The van der Waals surface area contributed by atoms with Crippen LogP contribution in [0.4, 0.5) is 0 Å². The van der Waals surface area contributed by atoms with Crippen molar-refractivity contribution in [2.24, 2.45) is 0 Å². The maximum atomic E-state index is 12.0. The molecule has 3 aromatic rings. The van der Waals surface area contributed by atoms with E-state index < -0.39 is 12.0 Å². The van der Waals surface area contributed by atoms with E-state index in [1.54, 1.807) is 6.20 Å². The van der Waals surface area contributed by atoms with E-state index in [0.717, 1.165) is 10.9 Å². The number of benzene rings is 1. The van der Waals surface area contributed by atoms with Crippen LogP contribution in [0.15, 0.2) is 47.1 Å². The summed E-state index contributed by atoms with van der Waals surface area (Å²) < 4.78 is 15.6. The molecule has 0 saturated heterocycles. The Bertz CT molecular complexity index is 880. The number of pyridine rings is 1. The molecule has 0 radical (unpaired) electrons. The number of aliphatic hydroxyl groups excluding tert-OH is 1. The first-order valence-electron chi connectivity index (χ1n) is 8.04. The van der Waals surface area contributed by atoms with Gasteiger partial charge in [-0.25, -0.2) is 0 Å². The van der Waals surface area contributed by atoms with Crippen LogP contribution < -0.4 is 10.1 Å². The summed E-state index contributed by atoms with van der Waals surface area (Å²) in [6.07, 6.45) is 0.958. The highest BCUT2D eigenvalue weighted by Crippen LogP contribution is 2.20. The quantitative estimate of drug-likeness (QED) is 0.630. The predicted octanol–water partition coefficient (Wildman–Crippen LogP) is 1.54. The summed E-state index contributed by atoms with van der Waals surface area (Å²) in [5.74, 6) is 0.640. The number of nitrogens with one attached hydrogen (secondary N) is 1. The zero-order valence-corrected chi connectivity index (χ0v) is 14.2. The van der Waals surface area contributed by atoms with Crippen LogP contribution in [0.1, 0.15) is 16.2 Å². The molecule has 136 valence electrons. The number of nitrogens with zero attached hydrogens (tertiary/aromatic N) is 2. The summed E-state index contributed by atoms with van der Waals surface area (Å²) >= 11 is 0. The number of hydrogen-bond donors (Lipinski definition) is 2. The molecule has 0 fully saturated rings. The van der Waals surface area contributed by atoms with E-state index in [-0.39, 0.29) is 25.5 Å². The molecule has 1 aromatic carbocycles. The largest absolute Gasteiger partial charge is 0.486 e. The Morgan fingerprint density at radius 1 is 1.35 bits per heavy atom. The normalized spacial score (nSPS) is 12.1. The van der Waals surface area contributed by atoms with Gasteiger partial charge in [0.15, 0.2) is 11.5 Å². The first-order valence-corrected chi connectivity index (χ1v) is 8.04. The lowest BCUT2D eigenvalue weighted by molar-refractivity contribution is 0.0607. The second-order valence-corrected chi connectivity index (χ2v) is 5.64. The van der Waals surface area contributed by atoms with Gasteiger partial charge in [0, 0.05) is 31.3 Å². The van der Waals surface area contributed by atoms with Crippen molar-refractivity contribution < 1.29 is 23.9 Å². The zero-order valence-electron chi connectivity index (χ0n) is 14.2. The van der Waals surface area contributed by atoms with Crippen LogP contribution in [0, 0.1) is 0 Å². The lowest BCUT2D eigenvalue weighted by atomic mass is 10.2. The smallest absolute Gasteiger partial charge is 0.273 e. The molecular weight excluding hydrogens is 338 g/mol. The van der Waals surface area contributed by atoms with Gasteiger partial charge >= 0.3 is 0 Å². The number of fused-ring (bicyclic) bond motifs is 1. The fraction of sp³-hybridized carbons (Fsp3) is 0.278. The van der Waals surface area contributed by atoms with E-state index in [2.05, 4.69) is 15.5 Å². The van der Waals surface area contributed by atoms with Gasteiger partial charge in [-0.15, -0.1) is 0 Å². The Morgan fingerprint density at radius 2 is 2.23 bits per heavy atom. The molecule has 0 aliphatic heterocycles. The Balaban J connectivity index is 1.55. The number of carbonyl (C=O) groups is 1. The molecule has 0 saturated carbocycles. The van der Waals surface area contributed by atoms with Crippen molar-refractivity contribution in [3.05, 3.63) is 54.0 Å². The van der Waals surface area contributed by atoms with Gasteiger partial charge in [-0.05, 0) is 24.3 Å². The molecule has 0 spiro atoms. The molecule has 3 rings (SSSR count). The minimum atomic E-state index is -0.777. The molecule has 1 amide bonds. The van der Waals surface area contributed by atoms with Crippen LogP contribution in [0.5, 0.6) is 5.75 Å². The molecule has 0 aliphatic rings. The molecule has 1 atom stereocenters. The van der Waals surface area contributed by atoms with Gasteiger partial charge in [-0.2, -0.15) is 0 Å². The number of methoxy groups -OCH3 is 1. The highest BCUT2D eigenvalue weighted by atomic mass is 16.5. The van der Waals surface area contributed by atoms with E-state index in [9.17, 15) is 9.90 Å².